The minimum atomic E-state index is -0.996. The number of rotatable bonds is 2. The summed E-state index contributed by atoms with van der Waals surface area (Å²) in [4.78, 5) is 14.7. The quantitative estimate of drug-likeness (QED) is 0.815. The number of hydrogen-bond acceptors (Lipinski definition) is 2. The van der Waals surface area contributed by atoms with Crippen LogP contribution in [0.4, 0.5) is 0 Å². The second kappa shape index (κ2) is 3.38. The number of aromatic nitrogens is 2. The van der Waals surface area contributed by atoms with Gasteiger partial charge in [-0.2, -0.15) is 0 Å². The summed E-state index contributed by atoms with van der Waals surface area (Å²) >= 11 is 0. The molecule has 0 atom stereocenters. The van der Waals surface area contributed by atoms with Crippen LogP contribution in [0.2, 0.25) is 0 Å². The molecule has 0 saturated carbocycles. The normalized spacial score (nSPS) is 11.1. The summed E-state index contributed by atoms with van der Waals surface area (Å²) in [5, 5.41) is 8.79. The molecule has 0 bridgehead atoms. The zero-order valence-electron chi connectivity index (χ0n) is 8.64. The van der Waals surface area contributed by atoms with Crippen molar-refractivity contribution in [2.75, 3.05) is 0 Å². The Morgan fingerprint density at radius 2 is 2.27 bits per heavy atom. The molecule has 0 amide bonds. The monoisotopic (exact) mass is 204 g/mol. The molecule has 0 aliphatic rings. The molecule has 0 spiro atoms. The molecule has 0 aliphatic carbocycles. The van der Waals surface area contributed by atoms with E-state index in [1.54, 1.807) is 4.40 Å². The Bertz CT molecular complexity index is 514. The number of aromatic carboxylic acids is 1. The van der Waals surface area contributed by atoms with Gasteiger partial charge in [0, 0.05) is 12.4 Å². The third kappa shape index (κ3) is 1.70. The third-order valence-corrected chi connectivity index (χ3v) is 2.37. The molecule has 1 N–H and O–H groups in total. The largest absolute Gasteiger partial charge is 0.476 e. The van der Waals surface area contributed by atoms with E-state index in [1.165, 1.54) is 6.20 Å². The SMILES string of the molecule is CC(C)c1ccn2cc(C(=O)O)nc2c1. The van der Waals surface area contributed by atoms with Crippen molar-refractivity contribution in [1.29, 1.82) is 0 Å². The Labute approximate surface area is 87.2 Å². The van der Waals surface area contributed by atoms with E-state index in [2.05, 4.69) is 18.8 Å². The second-order valence-corrected chi connectivity index (χ2v) is 3.81. The number of carboxylic acid groups (broad SMARTS) is 1. The fraction of sp³-hybridized carbons (Fsp3) is 0.273. The van der Waals surface area contributed by atoms with Crippen LogP contribution in [-0.2, 0) is 0 Å². The number of imidazole rings is 1. The molecule has 2 heterocycles. The van der Waals surface area contributed by atoms with Gasteiger partial charge in [-0.05, 0) is 23.6 Å². The fourth-order valence-corrected chi connectivity index (χ4v) is 1.46. The van der Waals surface area contributed by atoms with Gasteiger partial charge in [0.2, 0.25) is 0 Å². The molecule has 15 heavy (non-hydrogen) atoms. The average molecular weight is 204 g/mol. The third-order valence-electron chi connectivity index (χ3n) is 2.37. The van der Waals surface area contributed by atoms with Gasteiger partial charge in [0.15, 0.2) is 5.69 Å². The van der Waals surface area contributed by atoms with Crippen LogP contribution in [0.25, 0.3) is 5.65 Å². The topological polar surface area (TPSA) is 54.6 Å². The van der Waals surface area contributed by atoms with E-state index < -0.39 is 5.97 Å². The van der Waals surface area contributed by atoms with Crippen LogP contribution in [0.5, 0.6) is 0 Å². The van der Waals surface area contributed by atoms with E-state index in [4.69, 9.17) is 5.11 Å². The number of hydrogen-bond donors (Lipinski definition) is 1. The number of fused-ring (bicyclic) bond motifs is 1. The molecule has 2 aromatic heterocycles. The maximum Gasteiger partial charge on any atom is 0.356 e. The highest BCUT2D eigenvalue weighted by molar-refractivity contribution is 5.86. The molecule has 0 saturated heterocycles. The molecular formula is C11H12N2O2. The fourth-order valence-electron chi connectivity index (χ4n) is 1.46. The van der Waals surface area contributed by atoms with Crippen molar-refractivity contribution in [3.05, 3.63) is 35.8 Å². The predicted molar refractivity (Wildman–Crippen MR) is 56.2 cm³/mol. The molecule has 4 nitrogen and oxygen atoms in total. The highest BCUT2D eigenvalue weighted by Crippen LogP contribution is 2.16. The molecule has 0 unspecified atom stereocenters. The number of nitrogens with zero attached hydrogens (tertiary/aromatic N) is 2. The van der Waals surface area contributed by atoms with Crippen molar-refractivity contribution in [2.45, 2.75) is 19.8 Å². The molecule has 0 radical (unpaired) electrons. The first kappa shape index (κ1) is 9.71. The molecule has 2 rings (SSSR count). The zero-order valence-corrected chi connectivity index (χ0v) is 8.64. The van der Waals surface area contributed by atoms with Gasteiger partial charge in [0.1, 0.15) is 5.65 Å². The van der Waals surface area contributed by atoms with E-state index in [9.17, 15) is 4.79 Å². The molecule has 78 valence electrons. The van der Waals surface area contributed by atoms with Gasteiger partial charge in [0.05, 0.1) is 0 Å². The van der Waals surface area contributed by atoms with Crippen LogP contribution >= 0.6 is 0 Å². The van der Waals surface area contributed by atoms with Crippen molar-refractivity contribution in [3.8, 4) is 0 Å². The lowest BCUT2D eigenvalue weighted by molar-refractivity contribution is 0.0691. The number of pyridine rings is 1. The first-order valence-corrected chi connectivity index (χ1v) is 4.80. The summed E-state index contributed by atoms with van der Waals surface area (Å²) in [6, 6.07) is 3.89. The summed E-state index contributed by atoms with van der Waals surface area (Å²) in [5.74, 6) is -0.579. The molecule has 2 aromatic rings. The Hall–Kier alpha value is -1.84. The molecule has 0 aliphatic heterocycles. The van der Waals surface area contributed by atoms with Crippen LogP contribution in [-0.4, -0.2) is 20.5 Å². The summed E-state index contributed by atoms with van der Waals surface area (Å²) in [5.41, 5.74) is 1.92. The Balaban J connectivity index is 2.57. The molecular weight excluding hydrogens is 192 g/mol. The van der Waals surface area contributed by atoms with E-state index in [1.807, 2.05) is 18.3 Å². The highest BCUT2D eigenvalue weighted by Gasteiger charge is 2.09. The Morgan fingerprint density at radius 1 is 1.53 bits per heavy atom. The number of carbonyl (C=O) groups is 1. The summed E-state index contributed by atoms with van der Waals surface area (Å²) in [6.07, 6.45) is 3.35. The number of carboxylic acids is 1. The van der Waals surface area contributed by atoms with Gasteiger partial charge >= 0.3 is 5.97 Å². The molecule has 4 heteroatoms. The van der Waals surface area contributed by atoms with E-state index in [-0.39, 0.29) is 5.69 Å². The first-order chi connectivity index (χ1) is 7.08. The maximum atomic E-state index is 10.7. The van der Waals surface area contributed by atoms with Crippen molar-refractivity contribution in [3.63, 3.8) is 0 Å². The smallest absolute Gasteiger partial charge is 0.356 e. The minimum absolute atomic E-state index is 0.0795. The van der Waals surface area contributed by atoms with Crippen LogP contribution in [0.1, 0.15) is 35.8 Å². The molecule has 0 fully saturated rings. The Kier molecular flexibility index (Phi) is 2.19. The lowest BCUT2D eigenvalue weighted by Gasteiger charge is -2.04. The van der Waals surface area contributed by atoms with Gasteiger partial charge in [-0.1, -0.05) is 13.8 Å². The van der Waals surface area contributed by atoms with E-state index in [0.717, 1.165) is 5.56 Å². The Morgan fingerprint density at radius 3 is 2.87 bits per heavy atom. The highest BCUT2D eigenvalue weighted by atomic mass is 16.4. The van der Waals surface area contributed by atoms with Crippen molar-refractivity contribution in [2.24, 2.45) is 0 Å². The van der Waals surface area contributed by atoms with Gasteiger partial charge < -0.3 is 9.51 Å². The van der Waals surface area contributed by atoms with Gasteiger partial charge in [0.25, 0.3) is 0 Å². The van der Waals surface area contributed by atoms with Crippen LogP contribution in [0.15, 0.2) is 24.5 Å². The molecule has 0 aromatic carbocycles. The average Bonchev–Trinajstić information content (AvgIpc) is 2.59. The first-order valence-electron chi connectivity index (χ1n) is 4.80. The van der Waals surface area contributed by atoms with E-state index >= 15 is 0 Å². The lowest BCUT2D eigenvalue weighted by atomic mass is 10.1. The van der Waals surface area contributed by atoms with Crippen LogP contribution in [0.3, 0.4) is 0 Å². The van der Waals surface area contributed by atoms with E-state index in [0.29, 0.717) is 11.6 Å². The second-order valence-electron chi connectivity index (χ2n) is 3.81. The van der Waals surface area contributed by atoms with Gasteiger partial charge in [-0.15, -0.1) is 0 Å². The zero-order chi connectivity index (χ0) is 11.0. The minimum Gasteiger partial charge on any atom is -0.476 e. The lowest BCUT2D eigenvalue weighted by Crippen LogP contribution is -1.94. The van der Waals surface area contributed by atoms with Crippen LogP contribution in [0, 0.1) is 0 Å². The van der Waals surface area contributed by atoms with Crippen molar-refractivity contribution < 1.29 is 9.90 Å². The van der Waals surface area contributed by atoms with Crippen molar-refractivity contribution in [1.82, 2.24) is 9.38 Å². The van der Waals surface area contributed by atoms with Gasteiger partial charge in [-0.25, -0.2) is 9.78 Å². The predicted octanol–water partition coefficient (Wildman–Crippen LogP) is 2.16. The summed E-state index contributed by atoms with van der Waals surface area (Å²) in [6.45, 7) is 4.18. The summed E-state index contributed by atoms with van der Waals surface area (Å²) < 4.78 is 1.72. The summed E-state index contributed by atoms with van der Waals surface area (Å²) in [7, 11) is 0. The maximum absolute atomic E-state index is 10.7. The standard InChI is InChI=1S/C11H12N2O2/c1-7(2)8-3-4-13-6-9(11(14)15)12-10(13)5-8/h3-7H,1-2H3,(H,14,15). The van der Waals surface area contributed by atoms with Crippen molar-refractivity contribution >= 4 is 11.6 Å². The van der Waals surface area contributed by atoms with Gasteiger partial charge in [-0.3, -0.25) is 0 Å². The van der Waals surface area contributed by atoms with Crippen LogP contribution < -0.4 is 0 Å².